The number of benzene rings is 2. The molecule has 9 heteroatoms. The summed E-state index contributed by atoms with van der Waals surface area (Å²) in [4.78, 5) is 4.36. The van der Waals surface area contributed by atoms with Crippen LogP contribution in [0.2, 0.25) is 0 Å². The third-order valence-electron chi connectivity index (χ3n) is 4.91. The van der Waals surface area contributed by atoms with Crippen LogP contribution in [0.3, 0.4) is 0 Å². The highest BCUT2D eigenvalue weighted by atomic mass is 32.2. The van der Waals surface area contributed by atoms with E-state index in [1.807, 2.05) is 31.2 Å². The summed E-state index contributed by atoms with van der Waals surface area (Å²) < 4.78 is 46.8. The van der Waals surface area contributed by atoms with Crippen LogP contribution in [0.5, 0.6) is 11.5 Å². The van der Waals surface area contributed by atoms with Crippen LogP contribution in [-0.4, -0.2) is 32.8 Å². The molecular weight excluding hydrogens is 432 g/mol. The topological polar surface area (TPSA) is 105 Å². The molecule has 0 aliphatic carbocycles. The van der Waals surface area contributed by atoms with Gasteiger partial charge in [-0.1, -0.05) is 29.4 Å². The van der Waals surface area contributed by atoms with E-state index in [-0.39, 0.29) is 17.4 Å². The molecule has 0 unspecified atom stereocenters. The molecule has 8 nitrogen and oxygen atoms in total. The van der Waals surface area contributed by atoms with E-state index in [4.69, 9.17) is 18.4 Å². The van der Waals surface area contributed by atoms with Crippen LogP contribution in [0, 0.1) is 6.92 Å². The van der Waals surface area contributed by atoms with Crippen LogP contribution in [0.25, 0.3) is 23.0 Å². The smallest absolute Gasteiger partial charge is 0.293 e. The Morgan fingerprint density at radius 1 is 0.938 bits per heavy atom. The van der Waals surface area contributed by atoms with Gasteiger partial charge in [0.1, 0.15) is 23.0 Å². The van der Waals surface area contributed by atoms with Gasteiger partial charge in [0.2, 0.25) is 5.82 Å². The molecule has 0 saturated carbocycles. The van der Waals surface area contributed by atoms with Crippen LogP contribution in [-0.2, 0) is 21.3 Å². The van der Waals surface area contributed by atoms with Crippen molar-refractivity contribution in [2.45, 2.75) is 18.4 Å². The van der Waals surface area contributed by atoms with Crippen LogP contribution in [0.15, 0.2) is 63.5 Å². The van der Waals surface area contributed by atoms with Crippen LogP contribution in [0.4, 0.5) is 0 Å². The highest BCUT2D eigenvalue weighted by Crippen LogP contribution is 2.30. The number of furan rings is 1. The second-order valence-electron chi connectivity index (χ2n) is 7.25. The number of methoxy groups -OCH3 is 2. The van der Waals surface area contributed by atoms with Gasteiger partial charge >= 0.3 is 0 Å². The van der Waals surface area contributed by atoms with E-state index in [1.54, 1.807) is 44.6 Å². The number of nitrogens with zero attached hydrogens (tertiary/aromatic N) is 2. The predicted molar refractivity (Wildman–Crippen MR) is 118 cm³/mol. The number of sulfone groups is 1. The van der Waals surface area contributed by atoms with Crippen molar-refractivity contribution in [3.63, 3.8) is 0 Å². The molecule has 4 rings (SSSR count). The van der Waals surface area contributed by atoms with Crippen molar-refractivity contribution in [1.29, 1.82) is 0 Å². The Hall–Kier alpha value is -3.59. The van der Waals surface area contributed by atoms with Gasteiger partial charge in [-0.05, 0) is 42.3 Å². The minimum atomic E-state index is -3.42. The third-order valence-corrected chi connectivity index (χ3v) is 6.38. The molecule has 0 amide bonds. The monoisotopic (exact) mass is 454 g/mol. The number of aryl methyl sites for hydroxylation is 1. The molecule has 166 valence electrons. The molecule has 0 bridgehead atoms. The lowest BCUT2D eigenvalue weighted by atomic mass is 10.1. The molecule has 2 aromatic heterocycles. The van der Waals surface area contributed by atoms with E-state index < -0.39 is 9.84 Å². The first-order chi connectivity index (χ1) is 15.4. The zero-order valence-electron chi connectivity index (χ0n) is 17.9. The molecule has 0 aliphatic rings. The van der Waals surface area contributed by atoms with Gasteiger partial charge in [-0.25, -0.2) is 8.42 Å². The van der Waals surface area contributed by atoms with Crippen LogP contribution in [0.1, 0.15) is 16.9 Å². The maximum absolute atomic E-state index is 12.6. The van der Waals surface area contributed by atoms with Crippen LogP contribution >= 0.6 is 0 Å². The molecule has 32 heavy (non-hydrogen) atoms. The van der Waals surface area contributed by atoms with Crippen molar-refractivity contribution in [1.82, 2.24) is 10.1 Å². The van der Waals surface area contributed by atoms with E-state index in [0.717, 1.165) is 11.1 Å². The third kappa shape index (κ3) is 4.83. The Balaban J connectivity index is 1.52. The summed E-state index contributed by atoms with van der Waals surface area (Å²) in [5, 5.41) is 3.99. The molecule has 0 aliphatic heterocycles. The Morgan fingerprint density at radius 2 is 1.66 bits per heavy atom. The Bertz CT molecular complexity index is 1320. The minimum Gasteiger partial charge on any atom is -0.497 e. The van der Waals surface area contributed by atoms with Crippen molar-refractivity contribution >= 4 is 9.84 Å². The largest absolute Gasteiger partial charge is 0.497 e. The molecule has 0 saturated heterocycles. The Kier molecular flexibility index (Phi) is 6.00. The lowest BCUT2D eigenvalue weighted by molar-refractivity contribution is 0.394. The highest BCUT2D eigenvalue weighted by Gasteiger charge is 2.20. The number of aromatic nitrogens is 2. The summed E-state index contributed by atoms with van der Waals surface area (Å²) in [6, 6.07) is 15.9. The van der Waals surface area contributed by atoms with Gasteiger partial charge in [-0.15, -0.1) is 0 Å². The van der Waals surface area contributed by atoms with E-state index in [1.165, 1.54) is 0 Å². The maximum atomic E-state index is 12.6. The van der Waals surface area contributed by atoms with E-state index in [0.29, 0.717) is 34.4 Å². The van der Waals surface area contributed by atoms with Crippen molar-refractivity contribution in [3.05, 3.63) is 71.5 Å². The van der Waals surface area contributed by atoms with Gasteiger partial charge in [0.25, 0.3) is 5.89 Å². The zero-order valence-corrected chi connectivity index (χ0v) is 18.7. The predicted octanol–water partition coefficient (Wildman–Crippen LogP) is 4.44. The first-order valence-electron chi connectivity index (χ1n) is 9.78. The second-order valence-corrected chi connectivity index (χ2v) is 9.31. The van der Waals surface area contributed by atoms with Crippen molar-refractivity contribution in [2.75, 3.05) is 14.2 Å². The zero-order chi connectivity index (χ0) is 22.7. The fourth-order valence-corrected chi connectivity index (χ4v) is 4.71. The first kappa shape index (κ1) is 21.6. The summed E-state index contributed by atoms with van der Waals surface area (Å²) in [6.07, 6.45) is 0. The Morgan fingerprint density at radius 3 is 2.34 bits per heavy atom. The minimum absolute atomic E-state index is 0.0575. The highest BCUT2D eigenvalue weighted by molar-refractivity contribution is 7.89. The average molecular weight is 455 g/mol. The molecule has 0 fully saturated rings. The van der Waals surface area contributed by atoms with Crippen molar-refractivity contribution in [3.8, 4) is 34.5 Å². The first-order valence-corrected chi connectivity index (χ1v) is 11.6. The fourth-order valence-electron chi connectivity index (χ4n) is 3.22. The van der Waals surface area contributed by atoms with Gasteiger partial charge in [-0.3, -0.25) is 0 Å². The lowest BCUT2D eigenvalue weighted by Gasteiger charge is -2.06. The van der Waals surface area contributed by atoms with E-state index in [2.05, 4.69) is 10.1 Å². The van der Waals surface area contributed by atoms with Gasteiger partial charge < -0.3 is 18.4 Å². The molecule has 0 N–H and O–H groups in total. The number of hydrogen-bond donors (Lipinski definition) is 0. The van der Waals surface area contributed by atoms with Gasteiger partial charge in [0.15, 0.2) is 15.6 Å². The molecule has 0 atom stereocenters. The summed E-state index contributed by atoms with van der Waals surface area (Å²) in [6.45, 7) is 1.89. The second kappa shape index (κ2) is 8.88. The summed E-state index contributed by atoms with van der Waals surface area (Å²) in [7, 11) is -0.314. The molecule has 0 spiro atoms. The summed E-state index contributed by atoms with van der Waals surface area (Å²) in [5.74, 6) is 1.95. The number of ether oxygens (including phenoxy) is 2. The Labute approximate surface area is 185 Å². The van der Waals surface area contributed by atoms with Gasteiger partial charge in [0.05, 0.1) is 20.0 Å². The summed E-state index contributed by atoms with van der Waals surface area (Å²) >= 11 is 0. The van der Waals surface area contributed by atoms with Crippen LogP contribution < -0.4 is 9.47 Å². The molecule has 2 aromatic carbocycles. The molecule has 0 radical (unpaired) electrons. The van der Waals surface area contributed by atoms with E-state index in [9.17, 15) is 8.42 Å². The van der Waals surface area contributed by atoms with Gasteiger partial charge in [-0.2, -0.15) is 4.98 Å². The lowest BCUT2D eigenvalue weighted by Crippen LogP contribution is -2.08. The van der Waals surface area contributed by atoms with Gasteiger partial charge in [0, 0.05) is 11.6 Å². The quantitative estimate of drug-likeness (QED) is 0.385. The van der Waals surface area contributed by atoms with Crippen molar-refractivity contribution < 1.29 is 26.8 Å². The standard InChI is InChI=1S/C23H22N2O6S/c1-15-6-4-5-7-16(15)13-32(26,27)14-18-8-9-21(30-18)23-24-22(25-31-23)17-10-19(28-2)12-20(11-17)29-3/h4-12H,13-14H2,1-3H3. The molecule has 4 aromatic rings. The van der Waals surface area contributed by atoms with Crippen molar-refractivity contribution in [2.24, 2.45) is 0 Å². The summed E-state index contributed by atoms with van der Waals surface area (Å²) in [5.41, 5.74) is 2.35. The number of hydrogen-bond acceptors (Lipinski definition) is 8. The molecular formula is C23H22N2O6S. The average Bonchev–Trinajstić information content (AvgIpc) is 3.44. The SMILES string of the molecule is COc1cc(OC)cc(-c2noc(-c3ccc(CS(=O)(=O)Cc4ccccc4C)o3)n2)c1. The maximum Gasteiger partial charge on any atom is 0.293 e. The fraction of sp³-hybridized carbons (Fsp3) is 0.217. The normalized spacial score (nSPS) is 11.5. The van der Waals surface area contributed by atoms with E-state index >= 15 is 0 Å². The molecule has 2 heterocycles. The number of rotatable bonds is 8.